The maximum atomic E-state index is 11.3. The summed E-state index contributed by atoms with van der Waals surface area (Å²) in [6, 6.07) is 0. The molecule has 2 heterocycles. The van der Waals surface area contributed by atoms with Crippen molar-refractivity contribution in [1.82, 2.24) is 15.0 Å². The topological polar surface area (TPSA) is 122 Å². The SMILES string of the molecule is CCN(c1nc(Cl)ncc1[N+](=O)[O-])c1sc(C)nc1C(=O)O. The van der Waals surface area contributed by atoms with Crippen molar-refractivity contribution in [1.29, 1.82) is 0 Å². The van der Waals surface area contributed by atoms with Gasteiger partial charge in [-0.2, -0.15) is 4.98 Å². The number of hydrogen-bond acceptors (Lipinski definition) is 8. The van der Waals surface area contributed by atoms with Gasteiger partial charge < -0.3 is 10.0 Å². The van der Waals surface area contributed by atoms with Gasteiger partial charge in [0.1, 0.15) is 11.2 Å². The van der Waals surface area contributed by atoms with E-state index in [4.69, 9.17) is 11.6 Å². The van der Waals surface area contributed by atoms with Crippen LogP contribution in [0.15, 0.2) is 6.20 Å². The number of aromatic nitrogens is 3. The van der Waals surface area contributed by atoms with Crippen molar-refractivity contribution in [3.8, 4) is 0 Å². The summed E-state index contributed by atoms with van der Waals surface area (Å²) >= 11 is 6.82. The van der Waals surface area contributed by atoms with E-state index in [0.29, 0.717) is 5.01 Å². The number of carboxylic acids is 1. The number of nitro groups is 1. The normalized spacial score (nSPS) is 10.5. The predicted molar refractivity (Wildman–Crippen MR) is 80.2 cm³/mol. The van der Waals surface area contributed by atoms with Gasteiger partial charge in [0, 0.05) is 6.54 Å². The summed E-state index contributed by atoms with van der Waals surface area (Å²) in [6.07, 6.45) is 0.988. The molecule has 0 saturated carbocycles. The van der Waals surface area contributed by atoms with E-state index in [1.54, 1.807) is 13.8 Å². The average Bonchev–Trinajstić information content (AvgIpc) is 2.81. The molecule has 0 atom stereocenters. The Bertz CT molecular complexity index is 750. The summed E-state index contributed by atoms with van der Waals surface area (Å²) in [5, 5.41) is 21.0. The van der Waals surface area contributed by atoms with Gasteiger partial charge in [-0.1, -0.05) is 0 Å². The van der Waals surface area contributed by atoms with Gasteiger partial charge in [0.15, 0.2) is 5.69 Å². The molecule has 0 bridgehead atoms. The first kappa shape index (κ1) is 16.0. The van der Waals surface area contributed by atoms with Crippen LogP contribution >= 0.6 is 22.9 Å². The van der Waals surface area contributed by atoms with Crippen LogP contribution < -0.4 is 4.90 Å². The molecule has 11 heteroatoms. The molecule has 0 radical (unpaired) electrons. The summed E-state index contributed by atoms with van der Waals surface area (Å²) in [5.74, 6) is -1.29. The number of nitrogens with zero attached hydrogens (tertiary/aromatic N) is 5. The highest BCUT2D eigenvalue weighted by molar-refractivity contribution is 7.16. The number of aromatic carboxylic acids is 1. The van der Waals surface area contributed by atoms with Crippen molar-refractivity contribution >= 4 is 45.4 Å². The van der Waals surface area contributed by atoms with Crippen LogP contribution in [0.5, 0.6) is 0 Å². The summed E-state index contributed by atoms with van der Waals surface area (Å²) in [6.45, 7) is 3.60. The van der Waals surface area contributed by atoms with Crippen molar-refractivity contribution < 1.29 is 14.8 Å². The number of carbonyl (C=O) groups is 1. The molecule has 0 aromatic carbocycles. The fraction of sp³-hybridized carbons (Fsp3) is 0.273. The van der Waals surface area contributed by atoms with Gasteiger partial charge in [-0.05, 0) is 25.4 Å². The lowest BCUT2D eigenvalue weighted by molar-refractivity contribution is -0.384. The van der Waals surface area contributed by atoms with Gasteiger partial charge in [0.25, 0.3) is 0 Å². The van der Waals surface area contributed by atoms with Crippen molar-refractivity contribution in [2.45, 2.75) is 13.8 Å². The van der Waals surface area contributed by atoms with Crippen molar-refractivity contribution in [3.05, 3.63) is 32.3 Å². The Morgan fingerprint density at radius 1 is 1.55 bits per heavy atom. The third kappa shape index (κ3) is 2.97. The van der Waals surface area contributed by atoms with Gasteiger partial charge >= 0.3 is 11.7 Å². The first-order valence-electron chi connectivity index (χ1n) is 6.00. The van der Waals surface area contributed by atoms with Crippen LogP contribution in [0.4, 0.5) is 16.5 Å². The van der Waals surface area contributed by atoms with Crippen molar-refractivity contribution in [2.24, 2.45) is 0 Å². The minimum Gasteiger partial charge on any atom is -0.476 e. The van der Waals surface area contributed by atoms with E-state index in [1.807, 2.05) is 0 Å². The highest BCUT2D eigenvalue weighted by Gasteiger charge is 2.28. The molecule has 0 aliphatic heterocycles. The van der Waals surface area contributed by atoms with E-state index >= 15 is 0 Å². The maximum absolute atomic E-state index is 11.3. The molecule has 0 saturated heterocycles. The minimum atomic E-state index is -1.22. The second-order valence-electron chi connectivity index (χ2n) is 4.04. The zero-order valence-corrected chi connectivity index (χ0v) is 13.1. The van der Waals surface area contributed by atoms with Crippen LogP contribution in [0, 0.1) is 17.0 Å². The number of aryl methyl sites for hydroxylation is 1. The molecular weight excluding hydrogens is 334 g/mol. The lowest BCUT2D eigenvalue weighted by atomic mass is 10.3. The second kappa shape index (κ2) is 6.20. The van der Waals surface area contributed by atoms with Gasteiger partial charge in [0.2, 0.25) is 11.1 Å². The third-order valence-corrected chi connectivity index (χ3v) is 3.83. The van der Waals surface area contributed by atoms with Crippen LogP contribution in [0.2, 0.25) is 5.28 Å². The highest BCUT2D eigenvalue weighted by Crippen LogP contribution is 2.37. The Labute approximate surface area is 133 Å². The van der Waals surface area contributed by atoms with Crippen LogP contribution in [-0.4, -0.2) is 37.5 Å². The van der Waals surface area contributed by atoms with Crippen molar-refractivity contribution in [3.63, 3.8) is 0 Å². The molecule has 22 heavy (non-hydrogen) atoms. The first-order chi connectivity index (χ1) is 10.3. The standard InChI is InChI=1S/C11H10ClN5O4S/c1-3-16(9-7(10(18)19)14-5(2)22-9)8-6(17(20)21)4-13-11(12)15-8/h4H,3H2,1-2H3,(H,18,19). The molecule has 2 aromatic rings. The fourth-order valence-electron chi connectivity index (χ4n) is 1.80. The van der Waals surface area contributed by atoms with Crippen LogP contribution in [0.3, 0.4) is 0 Å². The molecule has 1 N–H and O–H groups in total. The van der Waals surface area contributed by atoms with Crippen LogP contribution in [-0.2, 0) is 0 Å². The van der Waals surface area contributed by atoms with E-state index in [2.05, 4.69) is 15.0 Å². The zero-order valence-electron chi connectivity index (χ0n) is 11.5. The van der Waals surface area contributed by atoms with E-state index in [-0.39, 0.29) is 34.0 Å². The fourth-order valence-corrected chi connectivity index (χ4v) is 2.90. The molecule has 0 unspecified atom stereocenters. The summed E-state index contributed by atoms with van der Waals surface area (Å²) in [5.41, 5.74) is -0.554. The van der Waals surface area contributed by atoms with E-state index in [9.17, 15) is 20.0 Å². The number of rotatable bonds is 5. The second-order valence-corrected chi connectivity index (χ2v) is 5.56. The van der Waals surface area contributed by atoms with Crippen LogP contribution in [0.1, 0.15) is 22.4 Å². The molecular formula is C11H10ClN5O4S. The molecule has 2 rings (SSSR count). The number of halogens is 1. The first-order valence-corrected chi connectivity index (χ1v) is 7.19. The number of thiazole rings is 1. The summed E-state index contributed by atoms with van der Waals surface area (Å²) < 4.78 is 0. The number of anilines is 2. The molecule has 0 fully saturated rings. The largest absolute Gasteiger partial charge is 0.476 e. The quantitative estimate of drug-likeness (QED) is 0.499. The lowest BCUT2D eigenvalue weighted by Gasteiger charge is -2.19. The van der Waals surface area contributed by atoms with E-state index in [0.717, 1.165) is 17.5 Å². The molecule has 2 aromatic heterocycles. The van der Waals surface area contributed by atoms with E-state index < -0.39 is 10.9 Å². The van der Waals surface area contributed by atoms with Gasteiger partial charge in [-0.15, -0.1) is 11.3 Å². The number of carboxylic acid groups (broad SMARTS) is 1. The highest BCUT2D eigenvalue weighted by atomic mass is 35.5. The Morgan fingerprint density at radius 3 is 2.77 bits per heavy atom. The molecule has 0 aliphatic rings. The molecule has 0 spiro atoms. The predicted octanol–water partition coefficient (Wildman–Crippen LogP) is 2.66. The van der Waals surface area contributed by atoms with Crippen molar-refractivity contribution in [2.75, 3.05) is 11.4 Å². The van der Waals surface area contributed by atoms with Gasteiger partial charge in [-0.3, -0.25) is 10.1 Å². The number of hydrogen-bond donors (Lipinski definition) is 1. The molecule has 0 aliphatic carbocycles. The Morgan fingerprint density at radius 2 is 2.23 bits per heavy atom. The summed E-state index contributed by atoms with van der Waals surface area (Å²) in [4.78, 5) is 34.6. The minimum absolute atomic E-state index is 0.0707. The molecule has 9 nitrogen and oxygen atoms in total. The average molecular weight is 344 g/mol. The summed E-state index contributed by atoms with van der Waals surface area (Å²) in [7, 11) is 0. The Hall–Kier alpha value is -2.33. The maximum Gasteiger partial charge on any atom is 0.357 e. The van der Waals surface area contributed by atoms with Gasteiger partial charge in [-0.25, -0.2) is 14.8 Å². The van der Waals surface area contributed by atoms with Gasteiger partial charge in [0.05, 0.1) is 9.93 Å². The smallest absolute Gasteiger partial charge is 0.357 e. The monoisotopic (exact) mass is 343 g/mol. The Balaban J connectivity index is 2.65. The van der Waals surface area contributed by atoms with Crippen LogP contribution in [0.25, 0.3) is 0 Å². The third-order valence-electron chi connectivity index (χ3n) is 2.65. The van der Waals surface area contributed by atoms with E-state index in [1.165, 1.54) is 4.90 Å². The lowest BCUT2D eigenvalue weighted by Crippen LogP contribution is -2.20. The zero-order chi connectivity index (χ0) is 16.4. The molecule has 0 amide bonds. The Kier molecular flexibility index (Phi) is 4.52. The molecule has 116 valence electrons.